The first-order chi connectivity index (χ1) is 12.7. The minimum Gasteiger partial charge on any atom is -0.497 e. The van der Waals surface area contributed by atoms with E-state index in [4.69, 9.17) is 9.47 Å². The number of carbonyl (C=O) groups excluding carboxylic acids is 1. The van der Waals surface area contributed by atoms with E-state index in [0.29, 0.717) is 10.7 Å². The maximum Gasteiger partial charge on any atom is 0.257 e. The van der Waals surface area contributed by atoms with Crippen LogP contribution in [0.15, 0.2) is 42.5 Å². The monoisotopic (exact) mass is 366 g/mol. The lowest BCUT2D eigenvalue weighted by Crippen LogP contribution is -2.11. The van der Waals surface area contributed by atoms with E-state index in [0.717, 1.165) is 35.6 Å². The smallest absolute Gasteiger partial charge is 0.257 e. The van der Waals surface area contributed by atoms with Gasteiger partial charge in [0.1, 0.15) is 11.5 Å². The van der Waals surface area contributed by atoms with Crippen molar-refractivity contribution in [1.82, 2.24) is 4.98 Å². The Kier molecular flexibility index (Phi) is 4.34. The first-order valence-corrected chi connectivity index (χ1v) is 9.12. The number of anilines is 1. The molecule has 1 aliphatic carbocycles. The number of carbonyl (C=O) groups is 1. The summed E-state index contributed by atoms with van der Waals surface area (Å²) in [5, 5.41) is 3.53. The fourth-order valence-electron chi connectivity index (χ4n) is 3.07. The van der Waals surface area contributed by atoms with Gasteiger partial charge in [-0.25, -0.2) is 4.98 Å². The number of aromatic nitrogens is 1. The summed E-state index contributed by atoms with van der Waals surface area (Å²) in [7, 11) is 3.26. The number of thiazole rings is 1. The fraction of sp³-hybridized carbons (Fsp3) is 0.200. The second-order valence-electron chi connectivity index (χ2n) is 6.00. The van der Waals surface area contributed by atoms with Crippen LogP contribution in [0.4, 0.5) is 5.13 Å². The van der Waals surface area contributed by atoms with Gasteiger partial charge in [0.05, 0.1) is 19.9 Å². The third-order valence-corrected chi connectivity index (χ3v) is 5.49. The lowest BCUT2D eigenvalue weighted by Gasteiger charge is -2.15. The van der Waals surface area contributed by atoms with Crippen molar-refractivity contribution in [2.45, 2.75) is 12.8 Å². The highest BCUT2D eigenvalue weighted by Gasteiger charge is 2.22. The molecule has 1 aromatic heterocycles. The minimum absolute atomic E-state index is 0.176. The Morgan fingerprint density at radius 2 is 1.77 bits per heavy atom. The van der Waals surface area contributed by atoms with E-state index in [1.54, 1.807) is 38.5 Å². The molecule has 6 heteroatoms. The highest BCUT2D eigenvalue weighted by molar-refractivity contribution is 7.16. The van der Waals surface area contributed by atoms with Crippen LogP contribution in [-0.4, -0.2) is 25.1 Å². The van der Waals surface area contributed by atoms with Crippen LogP contribution in [0.3, 0.4) is 0 Å². The molecule has 0 radical (unpaired) electrons. The summed E-state index contributed by atoms with van der Waals surface area (Å²) in [4.78, 5) is 18.3. The number of rotatable bonds is 4. The number of hydrogen-bond acceptors (Lipinski definition) is 5. The lowest BCUT2D eigenvalue weighted by atomic mass is 9.93. The molecule has 0 saturated heterocycles. The highest BCUT2D eigenvalue weighted by atomic mass is 32.1. The zero-order chi connectivity index (χ0) is 18.1. The molecule has 0 saturated carbocycles. The van der Waals surface area contributed by atoms with E-state index in [2.05, 4.69) is 16.4 Å². The van der Waals surface area contributed by atoms with Gasteiger partial charge in [-0.1, -0.05) is 6.07 Å². The van der Waals surface area contributed by atoms with Crippen molar-refractivity contribution in [3.63, 3.8) is 0 Å². The molecule has 132 valence electrons. The average Bonchev–Trinajstić information content (AvgIpc) is 3.10. The molecule has 2 aromatic carbocycles. The Morgan fingerprint density at radius 3 is 2.50 bits per heavy atom. The van der Waals surface area contributed by atoms with Gasteiger partial charge in [0, 0.05) is 16.0 Å². The van der Waals surface area contributed by atoms with Crippen LogP contribution in [0.2, 0.25) is 0 Å². The van der Waals surface area contributed by atoms with E-state index in [-0.39, 0.29) is 5.91 Å². The van der Waals surface area contributed by atoms with Crippen LogP contribution in [-0.2, 0) is 12.8 Å². The van der Waals surface area contributed by atoms with E-state index in [9.17, 15) is 4.79 Å². The molecule has 5 nitrogen and oxygen atoms in total. The van der Waals surface area contributed by atoms with Gasteiger partial charge in [0.15, 0.2) is 5.13 Å². The van der Waals surface area contributed by atoms with Gasteiger partial charge in [-0.3, -0.25) is 10.1 Å². The Labute approximate surface area is 155 Å². The van der Waals surface area contributed by atoms with Crippen LogP contribution in [0, 0.1) is 0 Å². The predicted octanol–water partition coefficient (Wildman–Crippen LogP) is 4.18. The van der Waals surface area contributed by atoms with Gasteiger partial charge < -0.3 is 9.47 Å². The summed E-state index contributed by atoms with van der Waals surface area (Å²) in [5.74, 6) is 1.36. The van der Waals surface area contributed by atoms with Crippen LogP contribution >= 0.6 is 11.3 Å². The third kappa shape index (κ3) is 3.04. The van der Waals surface area contributed by atoms with E-state index < -0.39 is 0 Å². The average molecular weight is 366 g/mol. The number of nitrogens with one attached hydrogen (secondary N) is 1. The molecule has 3 aromatic rings. The van der Waals surface area contributed by atoms with Crippen LogP contribution in [0.25, 0.3) is 11.3 Å². The summed E-state index contributed by atoms with van der Waals surface area (Å²) < 4.78 is 10.5. The maximum atomic E-state index is 12.5. The van der Waals surface area contributed by atoms with Crippen molar-refractivity contribution in [3.8, 4) is 22.8 Å². The highest BCUT2D eigenvalue weighted by Crippen LogP contribution is 2.39. The molecule has 0 fully saturated rings. The molecule has 1 N–H and O–H groups in total. The Hall–Kier alpha value is -2.86. The molecule has 1 amide bonds. The van der Waals surface area contributed by atoms with Crippen LogP contribution < -0.4 is 14.8 Å². The minimum atomic E-state index is -0.176. The van der Waals surface area contributed by atoms with Crippen molar-refractivity contribution in [2.24, 2.45) is 0 Å². The first kappa shape index (κ1) is 16.6. The number of amides is 1. The Balaban J connectivity index is 1.60. The topological polar surface area (TPSA) is 60.5 Å². The van der Waals surface area contributed by atoms with Gasteiger partial charge in [-0.05, 0) is 54.8 Å². The second-order valence-corrected chi connectivity index (χ2v) is 7.08. The molecular formula is C20H18N2O3S. The van der Waals surface area contributed by atoms with E-state index in [1.165, 1.54) is 21.8 Å². The molecule has 1 heterocycles. The molecule has 0 unspecified atom stereocenters. The maximum absolute atomic E-state index is 12.5. The SMILES string of the molecule is COc1ccc(C(=O)Nc2nc3c(s2)CCc2ccc(OC)cc2-3)cc1. The number of benzene rings is 2. The number of hydrogen-bond donors (Lipinski definition) is 1. The second kappa shape index (κ2) is 6.80. The molecule has 0 bridgehead atoms. The third-order valence-electron chi connectivity index (χ3n) is 4.46. The van der Waals surface area contributed by atoms with Crippen molar-refractivity contribution < 1.29 is 14.3 Å². The first-order valence-electron chi connectivity index (χ1n) is 8.30. The number of nitrogens with zero attached hydrogens (tertiary/aromatic N) is 1. The zero-order valence-corrected chi connectivity index (χ0v) is 15.4. The van der Waals surface area contributed by atoms with Gasteiger partial charge in [-0.15, -0.1) is 11.3 Å². The van der Waals surface area contributed by atoms with Crippen LogP contribution in [0.5, 0.6) is 11.5 Å². The Morgan fingerprint density at radius 1 is 1.04 bits per heavy atom. The summed E-state index contributed by atoms with van der Waals surface area (Å²) in [6.07, 6.45) is 1.91. The number of fused-ring (bicyclic) bond motifs is 3. The standard InChI is InChI=1S/C20H18N2O3S/c1-24-14-7-4-13(5-8-14)19(23)22-20-21-18-16-11-15(25-2)9-3-12(16)6-10-17(18)26-20/h3-5,7-9,11H,6,10H2,1-2H3,(H,21,22,23). The van der Waals surface area contributed by atoms with Crippen molar-refractivity contribution >= 4 is 22.4 Å². The van der Waals surface area contributed by atoms with Gasteiger partial charge in [0.2, 0.25) is 0 Å². The van der Waals surface area contributed by atoms with Gasteiger partial charge >= 0.3 is 0 Å². The molecule has 0 atom stereocenters. The number of methoxy groups -OCH3 is 2. The van der Waals surface area contributed by atoms with Gasteiger partial charge in [0.25, 0.3) is 5.91 Å². The molecule has 0 aliphatic heterocycles. The zero-order valence-electron chi connectivity index (χ0n) is 14.5. The van der Waals surface area contributed by atoms with Crippen LogP contribution in [0.1, 0.15) is 20.8 Å². The van der Waals surface area contributed by atoms with Crippen molar-refractivity contribution in [3.05, 3.63) is 58.5 Å². The predicted molar refractivity (Wildman–Crippen MR) is 102 cm³/mol. The van der Waals surface area contributed by atoms with Crippen molar-refractivity contribution in [1.29, 1.82) is 0 Å². The number of aryl methyl sites for hydroxylation is 2. The molecule has 0 spiro atoms. The fourth-order valence-corrected chi connectivity index (χ4v) is 4.04. The summed E-state index contributed by atoms with van der Waals surface area (Å²) in [6.45, 7) is 0. The Bertz CT molecular complexity index is 964. The quantitative estimate of drug-likeness (QED) is 0.752. The van der Waals surface area contributed by atoms with Crippen molar-refractivity contribution in [2.75, 3.05) is 19.5 Å². The molecule has 1 aliphatic rings. The van der Waals surface area contributed by atoms with Gasteiger partial charge in [-0.2, -0.15) is 0 Å². The molecule has 26 heavy (non-hydrogen) atoms. The van der Waals surface area contributed by atoms with E-state index >= 15 is 0 Å². The summed E-state index contributed by atoms with van der Waals surface area (Å²) >= 11 is 1.53. The molecule has 4 rings (SSSR count). The molecular weight excluding hydrogens is 348 g/mol. The lowest BCUT2D eigenvalue weighted by molar-refractivity contribution is 0.102. The largest absolute Gasteiger partial charge is 0.497 e. The number of ether oxygens (including phenoxy) is 2. The summed E-state index contributed by atoms with van der Waals surface area (Å²) in [5.41, 5.74) is 3.87. The summed E-state index contributed by atoms with van der Waals surface area (Å²) in [6, 6.07) is 13.1. The van der Waals surface area contributed by atoms with E-state index in [1.807, 2.05) is 12.1 Å². The normalized spacial score (nSPS) is 12.1.